The van der Waals surface area contributed by atoms with E-state index in [1.165, 1.54) is 0 Å². The Morgan fingerprint density at radius 2 is 2.16 bits per heavy atom. The topological polar surface area (TPSA) is 41.6 Å². The van der Waals surface area contributed by atoms with Crippen LogP contribution in [0.1, 0.15) is 46.5 Å². The molecule has 1 N–H and O–H groups in total. The fraction of sp³-hybridized carbons (Fsp3) is 0.933. The first kappa shape index (κ1) is 16.4. The van der Waals surface area contributed by atoms with Crippen LogP contribution in [0.25, 0.3) is 0 Å². The molecule has 0 saturated heterocycles. The molecular weight excluding hydrogens is 240 g/mol. The van der Waals surface area contributed by atoms with Crippen molar-refractivity contribution in [2.75, 3.05) is 33.3 Å². The summed E-state index contributed by atoms with van der Waals surface area (Å²) in [6, 6.07) is 0. The normalized spacial score (nSPS) is 26.9. The summed E-state index contributed by atoms with van der Waals surface area (Å²) in [5.74, 6) is 0.360. The molecule has 19 heavy (non-hydrogen) atoms. The number of nitrogens with zero attached hydrogens (tertiary/aromatic N) is 1. The van der Waals surface area contributed by atoms with Gasteiger partial charge in [-0.05, 0) is 58.8 Å². The molecule has 2 unspecified atom stereocenters. The lowest BCUT2D eigenvalue weighted by Gasteiger charge is -2.34. The zero-order valence-corrected chi connectivity index (χ0v) is 13.0. The van der Waals surface area contributed by atoms with Gasteiger partial charge in [-0.15, -0.1) is 0 Å². The molecule has 4 nitrogen and oxygen atoms in total. The van der Waals surface area contributed by atoms with Gasteiger partial charge < -0.3 is 15.0 Å². The lowest BCUT2D eigenvalue weighted by molar-refractivity contribution is -0.153. The van der Waals surface area contributed by atoms with Crippen molar-refractivity contribution in [1.29, 1.82) is 0 Å². The Bertz CT molecular complexity index is 283. The van der Waals surface area contributed by atoms with Gasteiger partial charge in [0.2, 0.25) is 0 Å². The largest absolute Gasteiger partial charge is 0.465 e. The van der Waals surface area contributed by atoms with E-state index < -0.39 is 5.54 Å². The molecule has 1 saturated carbocycles. The molecule has 1 fully saturated rings. The van der Waals surface area contributed by atoms with Crippen LogP contribution in [-0.4, -0.2) is 49.7 Å². The summed E-state index contributed by atoms with van der Waals surface area (Å²) in [6.07, 6.45) is 4.23. The van der Waals surface area contributed by atoms with Crippen molar-refractivity contribution in [3.05, 3.63) is 0 Å². The highest BCUT2D eigenvalue weighted by molar-refractivity contribution is 5.81. The van der Waals surface area contributed by atoms with E-state index in [0.29, 0.717) is 12.5 Å². The molecule has 0 aromatic carbocycles. The smallest absolute Gasteiger partial charge is 0.326 e. The van der Waals surface area contributed by atoms with Crippen LogP contribution in [0.2, 0.25) is 0 Å². The first-order valence-electron chi connectivity index (χ1n) is 7.71. The zero-order valence-electron chi connectivity index (χ0n) is 13.0. The molecule has 1 rings (SSSR count). The molecule has 0 aromatic rings. The van der Waals surface area contributed by atoms with Crippen LogP contribution < -0.4 is 5.32 Å². The number of hydrogen-bond acceptors (Lipinski definition) is 4. The maximum Gasteiger partial charge on any atom is 0.326 e. The van der Waals surface area contributed by atoms with E-state index in [0.717, 1.165) is 45.3 Å². The molecule has 0 amide bonds. The van der Waals surface area contributed by atoms with Gasteiger partial charge in [0.05, 0.1) is 6.61 Å². The summed E-state index contributed by atoms with van der Waals surface area (Å²) in [6.45, 7) is 9.50. The lowest BCUT2D eigenvalue weighted by atomic mass is 9.84. The predicted molar refractivity (Wildman–Crippen MR) is 78.2 cm³/mol. The van der Waals surface area contributed by atoms with Crippen LogP contribution in [0, 0.1) is 5.92 Å². The van der Waals surface area contributed by atoms with Crippen molar-refractivity contribution < 1.29 is 9.53 Å². The van der Waals surface area contributed by atoms with Crippen molar-refractivity contribution in [2.24, 2.45) is 5.92 Å². The summed E-state index contributed by atoms with van der Waals surface area (Å²) in [5.41, 5.74) is -0.431. The lowest BCUT2D eigenvalue weighted by Crippen LogP contribution is -2.56. The van der Waals surface area contributed by atoms with Crippen molar-refractivity contribution in [2.45, 2.75) is 52.0 Å². The van der Waals surface area contributed by atoms with Gasteiger partial charge in [-0.25, -0.2) is 0 Å². The molecule has 1 aliphatic rings. The minimum atomic E-state index is -0.431. The maximum atomic E-state index is 12.4. The van der Waals surface area contributed by atoms with E-state index in [2.05, 4.69) is 31.1 Å². The van der Waals surface area contributed by atoms with Gasteiger partial charge in [0.15, 0.2) is 0 Å². The number of carbonyl (C=O) groups excluding carboxylic acids is 1. The van der Waals surface area contributed by atoms with E-state index in [1.54, 1.807) is 0 Å². The van der Waals surface area contributed by atoms with Gasteiger partial charge in [-0.2, -0.15) is 0 Å². The fourth-order valence-electron chi connectivity index (χ4n) is 3.15. The van der Waals surface area contributed by atoms with Crippen LogP contribution in [0.5, 0.6) is 0 Å². The van der Waals surface area contributed by atoms with Gasteiger partial charge >= 0.3 is 5.97 Å². The highest BCUT2D eigenvalue weighted by Gasteiger charge is 2.49. The van der Waals surface area contributed by atoms with Crippen LogP contribution >= 0.6 is 0 Å². The monoisotopic (exact) mass is 270 g/mol. The van der Waals surface area contributed by atoms with Gasteiger partial charge in [0, 0.05) is 0 Å². The molecule has 112 valence electrons. The van der Waals surface area contributed by atoms with Crippen LogP contribution in [0.3, 0.4) is 0 Å². The second-order valence-corrected chi connectivity index (χ2v) is 5.50. The van der Waals surface area contributed by atoms with E-state index in [4.69, 9.17) is 4.74 Å². The predicted octanol–water partition coefficient (Wildman–Crippen LogP) is 2.04. The number of carbonyl (C=O) groups is 1. The zero-order chi connectivity index (χ0) is 14.3. The Kier molecular flexibility index (Phi) is 6.80. The second kappa shape index (κ2) is 7.85. The molecule has 4 heteroatoms. The van der Waals surface area contributed by atoms with Crippen LogP contribution in [0.4, 0.5) is 0 Å². The SMILES string of the molecule is CCNC1(C(=O)OCC)CCCC1CCN(C)CC. The van der Waals surface area contributed by atoms with Gasteiger partial charge in [-0.3, -0.25) is 4.79 Å². The average molecular weight is 270 g/mol. The average Bonchev–Trinajstić information content (AvgIpc) is 2.81. The Labute approximate surface area is 117 Å². The first-order chi connectivity index (χ1) is 9.10. The van der Waals surface area contributed by atoms with Gasteiger partial charge in [-0.1, -0.05) is 20.3 Å². The Morgan fingerprint density at radius 1 is 1.42 bits per heavy atom. The third-order valence-corrected chi connectivity index (χ3v) is 4.35. The summed E-state index contributed by atoms with van der Waals surface area (Å²) in [7, 11) is 2.13. The highest BCUT2D eigenvalue weighted by atomic mass is 16.5. The molecule has 0 radical (unpaired) electrons. The van der Waals surface area contributed by atoms with Gasteiger partial charge in [0.1, 0.15) is 5.54 Å². The van der Waals surface area contributed by atoms with Crippen molar-refractivity contribution in [1.82, 2.24) is 10.2 Å². The Morgan fingerprint density at radius 3 is 2.74 bits per heavy atom. The number of rotatable bonds is 8. The molecule has 0 aromatic heterocycles. The number of ether oxygens (including phenoxy) is 1. The number of nitrogens with one attached hydrogen (secondary N) is 1. The molecule has 1 aliphatic carbocycles. The van der Waals surface area contributed by atoms with Crippen molar-refractivity contribution in [3.8, 4) is 0 Å². The Hall–Kier alpha value is -0.610. The third-order valence-electron chi connectivity index (χ3n) is 4.35. The van der Waals surface area contributed by atoms with Crippen LogP contribution in [-0.2, 0) is 9.53 Å². The molecule has 0 aliphatic heterocycles. The molecule has 0 bridgehead atoms. The van der Waals surface area contributed by atoms with E-state index in [1.807, 2.05) is 6.92 Å². The first-order valence-corrected chi connectivity index (χ1v) is 7.71. The molecule has 0 spiro atoms. The van der Waals surface area contributed by atoms with E-state index in [9.17, 15) is 4.79 Å². The number of esters is 1. The third kappa shape index (κ3) is 3.93. The minimum absolute atomic E-state index is 0.0431. The summed E-state index contributed by atoms with van der Waals surface area (Å²) in [5, 5.41) is 3.44. The maximum absolute atomic E-state index is 12.4. The summed E-state index contributed by atoms with van der Waals surface area (Å²) >= 11 is 0. The summed E-state index contributed by atoms with van der Waals surface area (Å²) < 4.78 is 5.33. The van der Waals surface area contributed by atoms with E-state index in [-0.39, 0.29) is 5.97 Å². The highest BCUT2D eigenvalue weighted by Crippen LogP contribution is 2.39. The van der Waals surface area contributed by atoms with Crippen molar-refractivity contribution in [3.63, 3.8) is 0 Å². The minimum Gasteiger partial charge on any atom is -0.465 e. The standard InChI is InChI=1S/C15H30N2O2/c1-5-16-15(14(18)19-7-3)11-8-9-13(15)10-12-17(4)6-2/h13,16H,5-12H2,1-4H3. The van der Waals surface area contributed by atoms with Crippen molar-refractivity contribution >= 4 is 5.97 Å². The summed E-state index contributed by atoms with van der Waals surface area (Å²) in [4.78, 5) is 14.7. The molecule has 2 atom stereocenters. The number of hydrogen-bond donors (Lipinski definition) is 1. The Balaban J connectivity index is 2.73. The molecular formula is C15H30N2O2. The van der Waals surface area contributed by atoms with Gasteiger partial charge in [0.25, 0.3) is 0 Å². The number of likely N-dealkylation sites (N-methyl/N-ethyl adjacent to an activating group) is 1. The molecule has 0 heterocycles. The second-order valence-electron chi connectivity index (χ2n) is 5.50. The quantitative estimate of drug-likeness (QED) is 0.685. The fourth-order valence-corrected chi connectivity index (χ4v) is 3.15. The van der Waals surface area contributed by atoms with Crippen LogP contribution in [0.15, 0.2) is 0 Å². The van der Waals surface area contributed by atoms with E-state index >= 15 is 0 Å².